The van der Waals surface area contributed by atoms with Crippen molar-refractivity contribution in [3.05, 3.63) is 58.6 Å². The molecule has 3 rings (SSSR count). The molecule has 2 aromatic rings. The summed E-state index contributed by atoms with van der Waals surface area (Å²) in [5.74, 6) is 1.46. The van der Waals surface area contributed by atoms with Crippen molar-refractivity contribution in [1.82, 2.24) is 4.90 Å². The minimum atomic E-state index is -0.568. The first-order valence-electron chi connectivity index (χ1n) is 9.38. The van der Waals surface area contributed by atoms with Gasteiger partial charge in [0.05, 0.1) is 5.02 Å². The van der Waals surface area contributed by atoms with Crippen molar-refractivity contribution in [2.24, 2.45) is 0 Å². The Morgan fingerprint density at radius 2 is 1.81 bits per heavy atom. The van der Waals surface area contributed by atoms with E-state index >= 15 is 0 Å². The molecule has 1 saturated heterocycles. The Labute approximate surface area is 166 Å². The second kappa shape index (κ2) is 8.66. The second-order valence-electron chi connectivity index (χ2n) is 7.10. The van der Waals surface area contributed by atoms with Crippen molar-refractivity contribution in [3.8, 4) is 11.5 Å². The minimum absolute atomic E-state index is 0.0138. The first kappa shape index (κ1) is 19.6. The number of piperidine rings is 1. The molecular formula is C22H26ClNO3. The summed E-state index contributed by atoms with van der Waals surface area (Å²) in [6, 6.07) is 13.4. The lowest BCUT2D eigenvalue weighted by atomic mass is 10.1. The molecule has 0 spiro atoms. The predicted octanol–water partition coefficient (Wildman–Crippen LogP) is 4.79. The van der Waals surface area contributed by atoms with Gasteiger partial charge in [0.1, 0.15) is 17.6 Å². The van der Waals surface area contributed by atoms with Crippen molar-refractivity contribution in [1.29, 1.82) is 0 Å². The van der Waals surface area contributed by atoms with Gasteiger partial charge >= 0.3 is 0 Å². The normalized spacial score (nSPS) is 16.1. The fourth-order valence-corrected chi connectivity index (χ4v) is 3.43. The average molecular weight is 388 g/mol. The van der Waals surface area contributed by atoms with E-state index < -0.39 is 6.10 Å². The molecule has 2 aromatic carbocycles. The highest BCUT2D eigenvalue weighted by molar-refractivity contribution is 6.32. The Morgan fingerprint density at radius 1 is 1.11 bits per heavy atom. The summed E-state index contributed by atoms with van der Waals surface area (Å²) in [5.41, 5.74) is 2.33. The topological polar surface area (TPSA) is 38.8 Å². The third-order valence-corrected chi connectivity index (χ3v) is 5.19. The predicted molar refractivity (Wildman–Crippen MR) is 108 cm³/mol. The van der Waals surface area contributed by atoms with E-state index in [2.05, 4.69) is 32.0 Å². The number of para-hydroxylation sites is 1. The summed E-state index contributed by atoms with van der Waals surface area (Å²) in [6.07, 6.45) is 1.20. The van der Waals surface area contributed by atoms with Crippen LogP contribution >= 0.6 is 11.6 Å². The number of nitrogens with zero attached hydrogens (tertiary/aromatic N) is 1. The van der Waals surface area contributed by atoms with Gasteiger partial charge in [0, 0.05) is 25.9 Å². The van der Waals surface area contributed by atoms with Gasteiger partial charge in [-0.05, 0) is 50.1 Å². The van der Waals surface area contributed by atoms with Crippen LogP contribution in [-0.4, -0.2) is 36.1 Å². The summed E-state index contributed by atoms with van der Waals surface area (Å²) in [7, 11) is 0. The van der Waals surface area contributed by atoms with Crippen molar-refractivity contribution in [2.75, 3.05) is 13.1 Å². The maximum atomic E-state index is 12.7. The third-order valence-electron chi connectivity index (χ3n) is 4.88. The molecule has 1 amide bonds. The van der Waals surface area contributed by atoms with Crippen molar-refractivity contribution in [3.63, 3.8) is 0 Å². The lowest BCUT2D eigenvalue weighted by Gasteiger charge is -2.34. The molecule has 1 aliphatic heterocycles. The number of aryl methyl sites for hydroxylation is 2. The number of ether oxygens (including phenoxy) is 2. The zero-order valence-electron chi connectivity index (χ0n) is 16.1. The molecule has 5 heteroatoms. The number of carbonyl (C=O) groups excluding carboxylic acids is 1. The minimum Gasteiger partial charge on any atom is -0.490 e. The number of amides is 1. The smallest absolute Gasteiger partial charge is 0.263 e. The number of rotatable bonds is 5. The van der Waals surface area contributed by atoms with Gasteiger partial charge in [0.15, 0.2) is 6.10 Å². The molecule has 1 unspecified atom stereocenters. The van der Waals surface area contributed by atoms with Crippen LogP contribution in [0.2, 0.25) is 5.02 Å². The maximum Gasteiger partial charge on any atom is 0.263 e. The fourth-order valence-electron chi connectivity index (χ4n) is 3.25. The van der Waals surface area contributed by atoms with Crippen LogP contribution in [0.25, 0.3) is 0 Å². The number of benzene rings is 2. The molecule has 1 aliphatic rings. The fraction of sp³-hybridized carbons (Fsp3) is 0.409. The first-order chi connectivity index (χ1) is 12.9. The van der Waals surface area contributed by atoms with E-state index in [9.17, 15) is 4.79 Å². The van der Waals surface area contributed by atoms with E-state index in [1.54, 1.807) is 19.1 Å². The summed E-state index contributed by atoms with van der Waals surface area (Å²) in [4.78, 5) is 14.5. The lowest BCUT2D eigenvalue weighted by Crippen LogP contribution is -2.46. The second-order valence-corrected chi connectivity index (χ2v) is 7.51. The number of hydrogen-bond acceptors (Lipinski definition) is 3. The van der Waals surface area contributed by atoms with Crippen LogP contribution in [-0.2, 0) is 4.79 Å². The van der Waals surface area contributed by atoms with Crippen LogP contribution in [0.4, 0.5) is 0 Å². The monoisotopic (exact) mass is 387 g/mol. The Morgan fingerprint density at radius 3 is 2.52 bits per heavy atom. The molecule has 0 saturated carbocycles. The number of hydrogen-bond donors (Lipinski definition) is 0. The van der Waals surface area contributed by atoms with Crippen LogP contribution in [0, 0.1) is 13.8 Å². The summed E-state index contributed by atoms with van der Waals surface area (Å²) in [6.45, 7) is 7.23. The quantitative estimate of drug-likeness (QED) is 0.740. The Kier molecular flexibility index (Phi) is 6.27. The van der Waals surface area contributed by atoms with Crippen LogP contribution < -0.4 is 9.47 Å². The molecule has 1 fully saturated rings. The number of carbonyl (C=O) groups is 1. The van der Waals surface area contributed by atoms with E-state index in [1.165, 1.54) is 5.56 Å². The van der Waals surface area contributed by atoms with E-state index in [0.717, 1.165) is 24.2 Å². The van der Waals surface area contributed by atoms with Crippen LogP contribution in [0.5, 0.6) is 11.5 Å². The highest BCUT2D eigenvalue weighted by Crippen LogP contribution is 2.26. The standard InChI is InChI=1S/C22H26ClNO3/c1-15-8-9-16(2)21(14-15)27-18-10-12-24(13-11-18)22(25)17(3)26-20-7-5-4-6-19(20)23/h4-9,14,17-18H,10-13H2,1-3H3. The molecule has 27 heavy (non-hydrogen) atoms. The first-order valence-corrected chi connectivity index (χ1v) is 9.75. The lowest BCUT2D eigenvalue weighted by molar-refractivity contribution is -0.139. The van der Waals surface area contributed by atoms with E-state index in [0.29, 0.717) is 23.9 Å². The zero-order chi connectivity index (χ0) is 19.4. The van der Waals surface area contributed by atoms with Gasteiger partial charge in [-0.25, -0.2) is 0 Å². The van der Waals surface area contributed by atoms with Crippen molar-refractivity contribution >= 4 is 17.5 Å². The van der Waals surface area contributed by atoms with E-state index in [4.69, 9.17) is 21.1 Å². The summed E-state index contributed by atoms with van der Waals surface area (Å²) in [5, 5.41) is 0.512. The van der Waals surface area contributed by atoms with E-state index in [-0.39, 0.29) is 12.0 Å². The Hall–Kier alpha value is -2.20. The third kappa shape index (κ3) is 4.95. The van der Waals surface area contributed by atoms with Gasteiger partial charge in [-0.15, -0.1) is 0 Å². The maximum absolute atomic E-state index is 12.7. The summed E-state index contributed by atoms with van der Waals surface area (Å²) >= 11 is 6.11. The van der Waals surface area contributed by atoms with Gasteiger partial charge in [-0.1, -0.05) is 35.9 Å². The highest BCUT2D eigenvalue weighted by Gasteiger charge is 2.28. The molecule has 144 valence electrons. The highest BCUT2D eigenvalue weighted by atomic mass is 35.5. The number of likely N-dealkylation sites (tertiary alicyclic amines) is 1. The SMILES string of the molecule is Cc1ccc(C)c(OC2CCN(C(=O)C(C)Oc3ccccc3Cl)CC2)c1. The molecule has 0 radical (unpaired) electrons. The largest absolute Gasteiger partial charge is 0.490 e. The van der Waals surface area contributed by atoms with Crippen molar-refractivity contribution in [2.45, 2.75) is 45.8 Å². The molecule has 0 N–H and O–H groups in total. The van der Waals surface area contributed by atoms with Gasteiger partial charge in [-0.2, -0.15) is 0 Å². The molecule has 1 atom stereocenters. The van der Waals surface area contributed by atoms with Gasteiger partial charge in [-0.3, -0.25) is 4.79 Å². The van der Waals surface area contributed by atoms with E-state index in [1.807, 2.05) is 17.0 Å². The van der Waals surface area contributed by atoms with Crippen LogP contribution in [0.15, 0.2) is 42.5 Å². The molecule has 4 nitrogen and oxygen atoms in total. The number of halogens is 1. The van der Waals surface area contributed by atoms with Gasteiger partial charge in [0.25, 0.3) is 5.91 Å². The molecule has 0 aliphatic carbocycles. The van der Waals surface area contributed by atoms with Gasteiger partial charge in [0.2, 0.25) is 0 Å². The average Bonchev–Trinajstić information content (AvgIpc) is 2.66. The van der Waals surface area contributed by atoms with Crippen LogP contribution in [0.1, 0.15) is 30.9 Å². The molecule has 0 bridgehead atoms. The zero-order valence-corrected chi connectivity index (χ0v) is 16.8. The molecular weight excluding hydrogens is 362 g/mol. The Balaban J connectivity index is 1.53. The van der Waals surface area contributed by atoms with Crippen molar-refractivity contribution < 1.29 is 14.3 Å². The Bertz CT molecular complexity index is 800. The molecule has 1 heterocycles. The van der Waals surface area contributed by atoms with Crippen LogP contribution in [0.3, 0.4) is 0 Å². The molecule has 0 aromatic heterocycles. The summed E-state index contributed by atoms with van der Waals surface area (Å²) < 4.78 is 11.9. The van der Waals surface area contributed by atoms with Gasteiger partial charge < -0.3 is 14.4 Å².